The van der Waals surface area contributed by atoms with Crippen molar-refractivity contribution < 1.29 is 14.3 Å². The predicted molar refractivity (Wildman–Crippen MR) is 56.5 cm³/mol. The lowest BCUT2D eigenvalue weighted by Gasteiger charge is -2.27. The summed E-state index contributed by atoms with van der Waals surface area (Å²) in [6.07, 6.45) is 0. The molecule has 0 aliphatic carbocycles. The maximum atomic E-state index is 11.4. The van der Waals surface area contributed by atoms with Crippen LogP contribution in [0, 0.1) is 0 Å². The molecule has 1 aromatic rings. The maximum Gasteiger partial charge on any atom is 0.359 e. The molecule has 2 rings (SSSR count). The Hall–Kier alpha value is -1.14. The minimum Gasteiger partial charge on any atom is -0.464 e. The average molecular weight is 228 g/mol. The van der Waals surface area contributed by atoms with Gasteiger partial charge >= 0.3 is 5.97 Å². The first-order valence-electron chi connectivity index (χ1n) is 4.67. The molecule has 0 N–H and O–H groups in total. The van der Waals surface area contributed by atoms with Crippen molar-refractivity contribution in [3.63, 3.8) is 0 Å². The monoisotopic (exact) mass is 228 g/mol. The summed E-state index contributed by atoms with van der Waals surface area (Å²) in [4.78, 5) is 17.5. The number of aromatic nitrogens is 1. The van der Waals surface area contributed by atoms with Crippen molar-refractivity contribution in [1.82, 2.24) is 4.98 Å². The number of morpholine rings is 1. The first-order valence-corrected chi connectivity index (χ1v) is 5.55. The van der Waals surface area contributed by atoms with Gasteiger partial charge in [-0.2, -0.15) is 0 Å². The van der Waals surface area contributed by atoms with Gasteiger partial charge in [-0.3, -0.25) is 0 Å². The minimum absolute atomic E-state index is 0.377. The van der Waals surface area contributed by atoms with Gasteiger partial charge in [0.05, 0.1) is 25.8 Å². The molecule has 0 unspecified atom stereocenters. The topological polar surface area (TPSA) is 51.7 Å². The maximum absolute atomic E-state index is 11.4. The summed E-state index contributed by atoms with van der Waals surface area (Å²) in [6.45, 7) is 2.98. The fraction of sp³-hybridized carbons (Fsp3) is 0.556. The molecule has 2 heterocycles. The third-order valence-corrected chi connectivity index (χ3v) is 3.11. The van der Waals surface area contributed by atoms with Crippen LogP contribution in [0.2, 0.25) is 0 Å². The Kier molecular flexibility index (Phi) is 3.17. The predicted octanol–water partition coefficient (Wildman–Crippen LogP) is 0.766. The molecule has 6 heteroatoms. The van der Waals surface area contributed by atoms with Gasteiger partial charge in [-0.1, -0.05) is 0 Å². The fourth-order valence-corrected chi connectivity index (χ4v) is 2.30. The lowest BCUT2D eigenvalue weighted by Crippen LogP contribution is -2.36. The van der Waals surface area contributed by atoms with Crippen LogP contribution in [0.5, 0.6) is 0 Å². The van der Waals surface area contributed by atoms with Crippen LogP contribution in [0.3, 0.4) is 0 Å². The molecule has 0 aromatic carbocycles. The molecule has 82 valence electrons. The van der Waals surface area contributed by atoms with Crippen LogP contribution in [-0.4, -0.2) is 44.4 Å². The second kappa shape index (κ2) is 4.59. The summed E-state index contributed by atoms with van der Waals surface area (Å²) in [7, 11) is 1.37. The number of esters is 1. The highest BCUT2D eigenvalue weighted by Gasteiger charge is 2.21. The number of anilines is 1. The fourth-order valence-electron chi connectivity index (χ4n) is 1.47. The van der Waals surface area contributed by atoms with Gasteiger partial charge in [0.1, 0.15) is 5.00 Å². The van der Waals surface area contributed by atoms with E-state index in [0.717, 1.165) is 18.1 Å². The summed E-state index contributed by atoms with van der Waals surface area (Å²) in [5.74, 6) is -0.377. The number of carbonyl (C=O) groups excluding carboxylic acids is 1. The molecule has 0 radical (unpaired) electrons. The van der Waals surface area contributed by atoms with Crippen LogP contribution in [0.4, 0.5) is 5.00 Å². The first-order chi connectivity index (χ1) is 7.33. The zero-order valence-corrected chi connectivity index (χ0v) is 9.25. The Labute approximate surface area is 91.6 Å². The molecule has 5 nitrogen and oxygen atoms in total. The summed E-state index contributed by atoms with van der Waals surface area (Å²) < 4.78 is 9.92. The molecule has 1 fully saturated rings. The number of methoxy groups -OCH3 is 1. The van der Waals surface area contributed by atoms with Crippen LogP contribution in [0.25, 0.3) is 0 Å². The number of hydrogen-bond donors (Lipinski definition) is 0. The lowest BCUT2D eigenvalue weighted by molar-refractivity contribution is 0.0594. The second-order valence-electron chi connectivity index (χ2n) is 3.10. The van der Waals surface area contributed by atoms with Gasteiger partial charge in [-0.25, -0.2) is 9.78 Å². The van der Waals surface area contributed by atoms with Crippen molar-refractivity contribution in [2.45, 2.75) is 0 Å². The molecule has 1 saturated heterocycles. The van der Waals surface area contributed by atoms with Crippen molar-refractivity contribution >= 4 is 22.3 Å². The van der Waals surface area contributed by atoms with Gasteiger partial charge in [-0.15, -0.1) is 11.3 Å². The van der Waals surface area contributed by atoms with Gasteiger partial charge in [0.25, 0.3) is 0 Å². The second-order valence-corrected chi connectivity index (χ2v) is 3.93. The zero-order chi connectivity index (χ0) is 10.7. The van der Waals surface area contributed by atoms with Crippen molar-refractivity contribution in [1.29, 1.82) is 0 Å². The first kappa shape index (κ1) is 10.4. The number of thiazole rings is 1. The van der Waals surface area contributed by atoms with Gasteiger partial charge in [0.15, 0.2) is 5.69 Å². The Morgan fingerprint density at radius 3 is 3.00 bits per heavy atom. The molecule has 0 spiro atoms. The summed E-state index contributed by atoms with van der Waals surface area (Å²) >= 11 is 1.46. The Balaban J connectivity index is 2.19. The molecule has 0 amide bonds. The molecular formula is C9H12N2O3S. The standard InChI is InChI=1S/C9H12N2O3S/c1-13-9(12)7-8(15-6-10-7)11-2-4-14-5-3-11/h6H,2-5H2,1H3. The molecule has 1 aliphatic rings. The van der Waals surface area contributed by atoms with Gasteiger partial charge in [0, 0.05) is 13.1 Å². The van der Waals surface area contributed by atoms with E-state index in [1.165, 1.54) is 18.4 Å². The Morgan fingerprint density at radius 2 is 2.33 bits per heavy atom. The quantitative estimate of drug-likeness (QED) is 0.700. The van der Waals surface area contributed by atoms with Gasteiger partial charge < -0.3 is 14.4 Å². The highest BCUT2D eigenvalue weighted by Crippen LogP contribution is 2.26. The molecule has 15 heavy (non-hydrogen) atoms. The normalized spacial score (nSPS) is 16.5. The van der Waals surface area contributed by atoms with E-state index in [0.29, 0.717) is 18.9 Å². The van der Waals surface area contributed by atoms with Crippen LogP contribution in [-0.2, 0) is 9.47 Å². The highest BCUT2D eigenvalue weighted by atomic mass is 32.1. The zero-order valence-electron chi connectivity index (χ0n) is 8.43. The van der Waals surface area contributed by atoms with E-state index in [4.69, 9.17) is 4.74 Å². The Bertz CT molecular complexity index is 347. The Morgan fingerprint density at radius 1 is 1.60 bits per heavy atom. The molecule has 0 bridgehead atoms. The number of hydrogen-bond acceptors (Lipinski definition) is 6. The van der Waals surface area contributed by atoms with Crippen LogP contribution in [0.15, 0.2) is 5.51 Å². The van der Waals surface area contributed by atoms with E-state index >= 15 is 0 Å². The van der Waals surface area contributed by atoms with E-state index in [1.807, 2.05) is 0 Å². The number of carbonyl (C=O) groups is 1. The van der Waals surface area contributed by atoms with Crippen LogP contribution in [0.1, 0.15) is 10.5 Å². The number of rotatable bonds is 2. The third kappa shape index (κ3) is 2.10. The van der Waals surface area contributed by atoms with E-state index in [1.54, 1.807) is 5.51 Å². The SMILES string of the molecule is COC(=O)c1ncsc1N1CCOCC1. The van der Waals surface area contributed by atoms with Crippen molar-refractivity contribution in [3.05, 3.63) is 11.2 Å². The number of nitrogens with zero attached hydrogens (tertiary/aromatic N) is 2. The van der Waals surface area contributed by atoms with Crippen molar-refractivity contribution in [2.75, 3.05) is 38.3 Å². The van der Waals surface area contributed by atoms with Crippen LogP contribution >= 0.6 is 11.3 Å². The minimum atomic E-state index is -0.377. The van der Waals surface area contributed by atoms with Gasteiger partial charge in [0.2, 0.25) is 0 Å². The van der Waals surface area contributed by atoms with Gasteiger partial charge in [-0.05, 0) is 0 Å². The highest BCUT2D eigenvalue weighted by molar-refractivity contribution is 7.14. The molecule has 0 atom stereocenters. The van der Waals surface area contributed by atoms with E-state index < -0.39 is 0 Å². The summed E-state index contributed by atoms with van der Waals surface area (Å²) in [5, 5.41) is 0.880. The van der Waals surface area contributed by atoms with E-state index in [9.17, 15) is 4.79 Å². The molecule has 1 aromatic heterocycles. The number of ether oxygens (including phenoxy) is 2. The molecule has 0 saturated carbocycles. The average Bonchev–Trinajstić information content (AvgIpc) is 2.78. The molecule has 1 aliphatic heterocycles. The largest absolute Gasteiger partial charge is 0.464 e. The molecular weight excluding hydrogens is 216 g/mol. The summed E-state index contributed by atoms with van der Waals surface area (Å²) in [5.41, 5.74) is 2.07. The smallest absolute Gasteiger partial charge is 0.359 e. The lowest BCUT2D eigenvalue weighted by atomic mass is 10.4. The van der Waals surface area contributed by atoms with Crippen LogP contribution < -0.4 is 4.90 Å². The van der Waals surface area contributed by atoms with E-state index in [-0.39, 0.29) is 5.97 Å². The third-order valence-electron chi connectivity index (χ3n) is 2.23. The van der Waals surface area contributed by atoms with Crippen molar-refractivity contribution in [2.24, 2.45) is 0 Å². The van der Waals surface area contributed by atoms with Crippen molar-refractivity contribution in [3.8, 4) is 0 Å². The van der Waals surface area contributed by atoms with E-state index in [2.05, 4.69) is 14.6 Å². The summed E-state index contributed by atoms with van der Waals surface area (Å²) in [6, 6.07) is 0.